The summed E-state index contributed by atoms with van der Waals surface area (Å²) in [6, 6.07) is 9.30. The zero-order valence-electron chi connectivity index (χ0n) is 9.15. The van der Waals surface area contributed by atoms with Crippen molar-refractivity contribution >= 4 is 5.91 Å². The van der Waals surface area contributed by atoms with Crippen LogP contribution in [0.25, 0.3) is 11.1 Å². The summed E-state index contributed by atoms with van der Waals surface area (Å²) in [6.45, 7) is 3.17. The molecule has 4 nitrogen and oxygen atoms in total. The summed E-state index contributed by atoms with van der Waals surface area (Å²) in [6.07, 6.45) is 0. The summed E-state index contributed by atoms with van der Waals surface area (Å²) in [4.78, 5) is 23.0. The van der Waals surface area contributed by atoms with E-state index in [1.54, 1.807) is 6.92 Å². The minimum atomic E-state index is -0.237. The molecule has 0 bridgehead atoms. The molecule has 16 heavy (non-hydrogen) atoms. The predicted octanol–water partition coefficient (Wildman–Crippen LogP) is 1.81. The fourth-order valence-electron chi connectivity index (χ4n) is 1.78. The monoisotopic (exact) mass is 216 g/mol. The number of rotatable bonds is 1. The second kappa shape index (κ2) is 3.81. The van der Waals surface area contributed by atoms with Gasteiger partial charge in [0.25, 0.3) is 5.56 Å². The van der Waals surface area contributed by atoms with E-state index in [1.807, 2.05) is 30.3 Å². The van der Waals surface area contributed by atoms with Gasteiger partial charge in [-0.1, -0.05) is 30.3 Å². The molecule has 1 aromatic carbocycles. The second-order valence-electron chi connectivity index (χ2n) is 3.62. The van der Waals surface area contributed by atoms with Crippen molar-refractivity contribution in [3.63, 3.8) is 0 Å². The number of carbonyl (C=O) groups excluding carboxylic acids is 1. The Morgan fingerprint density at radius 1 is 1.25 bits per heavy atom. The van der Waals surface area contributed by atoms with E-state index in [0.29, 0.717) is 11.3 Å². The summed E-state index contributed by atoms with van der Waals surface area (Å²) in [5.41, 5.74) is 1.78. The SMILES string of the molecule is CC(=O)n1[nH]c(=O)c(-c2ccccc2)c1C. The van der Waals surface area contributed by atoms with Crippen molar-refractivity contribution in [1.82, 2.24) is 9.78 Å². The lowest BCUT2D eigenvalue weighted by molar-refractivity contribution is 0.0918. The average Bonchev–Trinajstić information content (AvgIpc) is 2.56. The highest BCUT2D eigenvalue weighted by Gasteiger charge is 2.14. The molecule has 2 rings (SSSR count). The quantitative estimate of drug-likeness (QED) is 0.790. The van der Waals surface area contributed by atoms with Crippen LogP contribution in [0.15, 0.2) is 35.1 Å². The van der Waals surface area contributed by atoms with Gasteiger partial charge in [0.2, 0.25) is 5.91 Å². The minimum Gasteiger partial charge on any atom is -0.273 e. The van der Waals surface area contributed by atoms with Gasteiger partial charge in [0.1, 0.15) is 0 Å². The highest BCUT2D eigenvalue weighted by Crippen LogP contribution is 2.18. The molecule has 0 saturated carbocycles. The smallest absolute Gasteiger partial charge is 0.272 e. The van der Waals surface area contributed by atoms with Gasteiger partial charge in [-0.15, -0.1) is 0 Å². The largest absolute Gasteiger partial charge is 0.273 e. The van der Waals surface area contributed by atoms with Crippen molar-refractivity contribution in [1.29, 1.82) is 0 Å². The molecule has 1 aromatic heterocycles. The third-order valence-corrected chi connectivity index (χ3v) is 2.51. The Morgan fingerprint density at radius 2 is 1.88 bits per heavy atom. The zero-order valence-corrected chi connectivity index (χ0v) is 9.15. The van der Waals surface area contributed by atoms with E-state index in [1.165, 1.54) is 11.6 Å². The number of carbonyl (C=O) groups is 1. The Balaban J connectivity index is 2.68. The first-order chi connectivity index (χ1) is 7.61. The van der Waals surface area contributed by atoms with Gasteiger partial charge < -0.3 is 0 Å². The lowest BCUT2D eigenvalue weighted by Crippen LogP contribution is -2.12. The number of hydrogen-bond donors (Lipinski definition) is 1. The maximum absolute atomic E-state index is 11.7. The molecule has 82 valence electrons. The molecule has 0 aliphatic rings. The minimum absolute atomic E-state index is 0.197. The van der Waals surface area contributed by atoms with E-state index in [-0.39, 0.29) is 11.5 Å². The fourth-order valence-corrected chi connectivity index (χ4v) is 1.78. The fraction of sp³-hybridized carbons (Fsp3) is 0.167. The van der Waals surface area contributed by atoms with Gasteiger partial charge in [-0.3, -0.25) is 14.7 Å². The van der Waals surface area contributed by atoms with Crippen LogP contribution in [0, 0.1) is 6.92 Å². The number of nitrogens with zero attached hydrogens (tertiary/aromatic N) is 1. The summed E-state index contributed by atoms with van der Waals surface area (Å²) in [7, 11) is 0. The van der Waals surface area contributed by atoms with Crippen LogP contribution in [0.4, 0.5) is 0 Å². The van der Waals surface area contributed by atoms with Crippen molar-refractivity contribution in [2.75, 3.05) is 0 Å². The molecule has 0 aliphatic heterocycles. The Labute approximate surface area is 92.5 Å². The molecule has 0 radical (unpaired) electrons. The van der Waals surface area contributed by atoms with Gasteiger partial charge >= 0.3 is 0 Å². The lowest BCUT2D eigenvalue weighted by atomic mass is 10.1. The van der Waals surface area contributed by atoms with E-state index in [0.717, 1.165) is 5.56 Å². The van der Waals surface area contributed by atoms with Crippen LogP contribution in [0.1, 0.15) is 17.4 Å². The van der Waals surface area contributed by atoms with Crippen LogP contribution in [-0.4, -0.2) is 15.7 Å². The lowest BCUT2D eigenvalue weighted by Gasteiger charge is -2.00. The molecule has 2 aromatic rings. The van der Waals surface area contributed by atoms with Crippen molar-refractivity contribution in [3.05, 3.63) is 46.4 Å². The Hall–Kier alpha value is -2.10. The van der Waals surface area contributed by atoms with Gasteiger partial charge in [0.05, 0.1) is 11.3 Å². The highest BCUT2D eigenvalue weighted by molar-refractivity contribution is 5.78. The number of hydrogen-bond acceptors (Lipinski definition) is 2. The van der Waals surface area contributed by atoms with E-state index in [4.69, 9.17) is 0 Å². The first-order valence-electron chi connectivity index (χ1n) is 4.99. The van der Waals surface area contributed by atoms with E-state index in [2.05, 4.69) is 5.10 Å². The third-order valence-electron chi connectivity index (χ3n) is 2.51. The Kier molecular flexibility index (Phi) is 2.48. The molecule has 1 heterocycles. The summed E-state index contributed by atoms with van der Waals surface area (Å²) >= 11 is 0. The zero-order chi connectivity index (χ0) is 11.7. The van der Waals surface area contributed by atoms with Crippen molar-refractivity contribution in [2.45, 2.75) is 13.8 Å². The van der Waals surface area contributed by atoms with Crippen LogP contribution in [0.2, 0.25) is 0 Å². The number of H-pyrrole nitrogens is 1. The molecule has 0 fully saturated rings. The van der Waals surface area contributed by atoms with E-state index < -0.39 is 0 Å². The molecule has 0 amide bonds. The molecular weight excluding hydrogens is 204 g/mol. The first kappa shape index (κ1) is 10.4. The van der Waals surface area contributed by atoms with Crippen LogP contribution in [0.3, 0.4) is 0 Å². The second-order valence-corrected chi connectivity index (χ2v) is 3.62. The summed E-state index contributed by atoms with van der Waals surface area (Å²) < 4.78 is 1.27. The first-order valence-corrected chi connectivity index (χ1v) is 4.99. The van der Waals surface area contributed by atoms with Gasteiger partial charge in [-0.05, 0) is 12.5 Å². The standard InChI is InChI=1S/C12H12N2O2/c1-8-11(10-6-4-3-5-7-10)12(16)13-14(8)9(2)15/h3-7H,1-2H3,(H,13,16). The molecule has 4 heteroatoms. The average molecular weight is 216 g/mol. The summed E-state index contributed by atoms with van der Waals surface area (Å²) in [5.74, 6) is -0.197. The van der Waals surface area contributed by atoms with Crippen LogP contribution in [-0.2, 0) is 0 Å². The summed E-state index contributed by atoms with van der Waals surface area (Å²) in [5, 5.41) is 2.52. The van der Waals surface area contributed by atoms with Gasteiger partial charge in [-0.2, -0.15) is 0 Å². The van der Waals surface area contributed by atoms with Crippen molar-refractivity contribution in [3.8, 4) is 11.1 Å². The Morgan fingerprint density at radius 3 is 2.38 bits per heavy atom. The molecule has 0 saturated heterocycles. The number of aromatic nitrogens is 2. The maximum Gasteiger partial charge on any atom is 0.272 e. The molecule has 1 N–H and O–H groups in total. The molecular formula is C12H12N2O2. The third kappa shape index (κ3) is 1.58. The molecule has 0 spiro atoms. The van der Waals surface area contributed by atoms with Gasteiger partial charge in [0, 0.05) is 6.92 Å². The maximum atomic E-state index is 11.7. The van der Waals surface area contributed by atoms with Gasteiger partial charge in [0.15, 0.2) is 0 Å². The molecule has 0 unspecified atom stereocenters. The number of benzene rings is 1. The highest BCUT2D eigenvalue weighted by atomic mass is 16.2. The van der Waals surface area contributed by atoms with E-state index in [9.17, 15) is 9.59 Å². The van der Waals surface area contributed by atoms with E-state index >= 15 is 0 Å². The van der Waals surface area contributed by atoms with Crippen LogP contribution < -0.4 is 5.56 Å². The van der Waals surface area contributed by atoms with Crippen molar-refractivity contribution < 1.29 is 4.79 Å². The molecule has 0 aliphatic carbocycles. The van der Waals surface area contributed by atoms with Crippen LogP contribution >= 0.6 is 0 Å². The number of nitrogens with one attached hydrogen (secondary N) is 1. The van der Waals surface area contributed by atoms with Crippen molar-refractivity contribution in [2.24, 2.45) is 0 Å². The van der Waals surface area contributed by atoms with Crippen LogP contribution in [0.5, 0.6) is 0 Å². The normalized spacial score (nSPS) is 10.4. The Bertz CT molecular complexity index is 579. The molecule has 0 atom stereocenters. The topological polar surface area (TPSA) is 54.9 Å². The number of aromatic amines is 1. The predicted molar refractivity (Wildman–Crippen MR) is 61.5 cm³/mol. The van der Waals surface area contributed by atoms with Gasteiger partial charge in [-0.25, -0.2) is 4.68 Å².